The average Bonchev–Trinajstić information content (AvgIpc) is 3.32. The molecular formula is C19H13ClF3N5OS. The van der Waals surface area contributed by atoms with Crippen molar-refractivity contribution in [3.63, 3.8) is 0 Å². The minimum atomic E-state index is -4.62. The van der Waals surface area contributed by atoms with Gasteiger partial charge in [0.1, 0.15) is 0 Å². The molecule has 0 fully saturated rings. The number of amides is 2. The molecule has 11 heteroatoms. The van der Waals surface area contributed by atoms with E-state index < -0.39 is 17.9 Å². The summed E-state index contributed by atoms with van der Waals surface area (Å²) in [6.07, 6.45) is -4.62. The fourth-order valence-corrected chi connectivity index (χ4v) is 3.70. The first-order valence-electron chi connectivity index (χ1n) is 8.60. The molecule has 0 aliphatic rings. The molecule has 30 heavy (non-hydrogen) atoms. The smallest absolute Gasteiger partial charge is 0.332 e. The molecular weight excluding hydrogens is 439 g/mol. The van der Waals surface area contributed by atoms with Crippen LogP contribution in [0.2, 0.25) is 5.02 Å². The second kappa shape index (κ2) is 7.96. The van der Waals surface area contributed by atoms with E-state index in [1.54, 1.807) is 41.9 Å². The minimum Gasteiger partial charge on any atom is -0.332 e. The second-order valence-electron chi connectivity index (χ2n) is 6.25. The molecule has 0 bridgehead atoms. The Balaban J connectivity index is 1.52. The Bertz CT molecular complexity index is 1220. The summed E-state index contributed by atoms with van der Waals surface area (Å²) in [7, 11) is 0. The van der Waals surface area contributed by atoms with E-state index in [0.717, 1.165) is 21.0 Å². The number of nitrogens with zero attached hydrogens (tertiary/aromatic N) is 3. The van der Waals surface area contributed by atoms with Gasteiger partial charge in [0.25, 0.3) is 0 Å². The summed E-state index contributed by atoms with van der Waals surface area (Å²) in [6.45, 7) is -0.176. The maximum Gasteiger partial charge on any atom is 0.435 e. The van der Waals surface area contributed by atoms with Crippen molar-refractivity contribution in [2.75, 3.05) is 5.32 Å². The fourth-order valence-electron chi connectivity index (χ4n) is 2.79. The molecule has 0 aliphatic carbocycles. The summed E-state index contributed by atoms with van der Waals surface area (Å²) < 4.78 is 41.5. The molecule has 2 amide bonds. The number of fused-ring (bicyclic) bond motifs is 1. The molecule has 0 radical (unpaired) electrons. The summed E-state index contributed by atoms with van der Waals surface area (Å²) in [4.78, 5) is 16.4. The van der Waals surface area contributed by atoms with Gasteiger partial charge >= 0.3 is 12.2 Å². The Kier molecular flexibility index (Phi) is 5.35. The Hall–Kier alpha value is -3.11. The van der Waals surface area contributed by atoms with E-state index in [1.165, 1.54) is 17.4 Å². The summed E-state index contributed by atoms with van der Waals surface area (Å²) in [5, 5.41) is 9.20. The van der Waals surface area contributed by atoms with E-state index in [1.807, 2.05) is 0 Å². The molecule has 0 saturated carbocycles. The highest BCUT2D eigenvalue weighted by molar-refractivity contribution is 7.16. The van der Waals surface area contributed by atoms with Gasteiger partial charge in [0.05, 0.1) is 33.7 Å². The Labute approximate surface area is 177 Å². The van der Waals surface area contributed by atoms with E-state index in [9.17, 15) is 18.0 Å². The first-order valence-corrected chi connectivity index (χ1v) is 9.85. The monoisotopic (exact) mass is 451 g/mol. The number of alkyl halides is 3. The highest BCUT2D eigenvalue weighted by Crippen LogP contribution is 2.30. The van der Waals surface area contributed by atoms with Crippen LogP contribution in [-0.2, 0) is 12.7 Å². The van der Waals surface area contributed by atoms with Gasteiger partial charge in [-0.05, 0) is 42.5 Å². The largest absolute Gasteiger partial charge is 0.435 e. The zero-order chi connectivity index (χ0) is 21.3. The molecule has 0 saturated heterocycles. The fraction of sp³-hybridized carbons (Fsp3) is 0.105. The lowest BCUT2D eigenvalue weighted by Gasteiger charge is -2.10. The Morgan fingerprint density at radius 3 is 2.77 bits per heavy atom. The number of thiazole rings is 1. The lowest BCUT2D eigenvalue weighted by atomic mass is 10.3. The summed E-state index contributed by atoms with van der Waals surface area (Å²) in [5.74, 6) is 0. The van der Waals surface area contributed by atoms with Crippen molar-refractivity contribution >= 4 is 44.9 Å². The normalized spacial score (nSPS) is 11.6. The number of hydrogen-bond donors (Lipinski definition) is 2. The zero-order valence-corrected chi connectivity index (χ0v) is 16.6. The quantitative estimate of drug-likeness (QED) is 0.432. The van der Waals surface area contributed by atoms with Gasteiger partial charge < -0.3 is 10.6 Å². The third-order valence-electron chi connectivity index (χ3n) is 4.15. The van der Waals surface area contributed by atoms with Crippen molar-refractivity contribution in [1.82, 2.24) is 20.1 Å². The first kappa shape index (κ1) is 20.2. The van der Waals surface area contributed by atoms with Crippen molar-refractivity contribution in [2.24, 2.45) is 0 Å². The zero-order valence-electron chi connectivity index (χ0n) is 15.1. The number of urea groups is 1. The number of carbonyl (C=O) groups is 1. The van der Waals surface area contributed by atoms with Crippen LogP contribution in [0.25, 0.3) is 15.9 Å². The third-order valence-corrected chi connectivity index (χ3v) is 5.17. The lowest BCUT2D eigenvalue weighted by molar-refractivity contribution is -0.141. The SMILES string of the molecule is O=C(NCc1cc(C(F)(F)F)nn1-c1cccc(Cl)c1)Nc1ccc2ncsc2c1. The molecule has 2 N–H and O–H groups in total. The number of nitrogens with one attached hydrogen (secondary N) is 2. The van der Waals surface area contributed by atoms with Crippen LogP contribution in [0.4, 0.5) is 23.7 Å². The highest BCUT2D eigenvalue weighted by atomic mass is 35.5. The van der Waals surface area contributed by atoms with Crippen LogP contribution >= 0.6 is 22.9 Å². The van der Waals surface area contributed by atoms with E-state index in [2.05, 4.69) is 20.7 Å². The lowest BCUT2D eigenvalue weighted by Crippen LogP contribution is -2.29. The molecule has 0 unspecified atom stereocenters. The highest BCUT2D eigenvalue weighted by Gasteiger charge is 2.35. The van der Waals surface area contributed by atoms with E-state index in [0.29, 0.717) is 16.4 Å². The number of halogens is 4. The number of carbonyl (C=O) groups excluding carboxylic acids is 1. The van der Waals surface area contributed by atoms with Crippen molar-refractivity contribution in [1.29, 1.82) is 0 Å². The number of benzene rings is 2. The van der Waals surface area contributed by atoms with Crippen LogP contribution in [0.5, 0.6) is 0 Å². The summed E-state index contributed by atoms with van der Waals surface area (Å²) in [6, 6.07) is 11.8. The summed E-state index contributed by atoms with van der Waals surface area (Å²) in [5.41, 5.74) is 2.50. The van der Waals surface area contributed by atoms with Crippen LogP contribution in [0.3, 0.4) is 0 Å². The van der Waals surface area contributed by atoms with Gasteiger partial charge in [-0.25, -0.2) is 14.5 Å². The van der Waals surface area contributed by atoms with Crippen LogP contribution < -0.4 is 10.6 Å². The standard InChI is InChI=1S/C19H13ClF3N5OS/c20-11-2-1-3-13(6-11)28-14(8-17(27-28)19(21,22)23)9-24-18(29)26-12-4-5-15-16(7-12)30-10-25-15/h1-8,10H,9H2,(H2,24,26,29). The predicted octanol–water partition coefficient (Wildman–Crippen LogP) is 5.48. The maximum atomic E-state index is 13.2. The van der Waals surface area contributed by atoms with Gasteiger partial charge in [-0.15, -0.1) is 11.3 Å². The Morgan fingerprint density at radius 2 is 2.00 bits per heavy atom. The van der Waals surface area contributed by atoms with Gasteiger partial charge in [0, 0.05) is 10.7 Å². The van der Waals surface area contributed by atoms with E-state index in [4.69, 9.17) is 11.6 Å². The van der Waals surface area contributed by atoms with Gasteiger partial charge in [-0.2, -0.15) is 18.3 Å². The van der Waals surface area contributed by atoms with Gasteiger partial charge in [0.2, 0.25) is 0 Å². The molecule has 2 heterocycles. The van der Waals surface area contributed by atoms with Crippen molar-refractivity contribution in [3.05, 3.63) is 70.5 Å². The van der Waals surface area contributed by atoms with Crippen molar-refractivity contribution < 1.29 is 18.0 Å². The number of rotatable bonds is 4. The Morgan fingerprint density at radius 1 is 1.17 bits per heavy atom. The second-order valence-corrected chi connectivity index (χ2v) is 7.58. The number of anilines is 1. The maximum absolute atomic E-state index is 13.2. The number of hydrogen-bond acceptors (Lipinski definition) is 4. The van der Waals surface area contributed by atoms with Gasteiger partial charge in [-0.3, -0.25) is 0 Å². The molecule has 6 nitrogen and oxygen atoms in total. The minimum absolute atomic E-state index is 0.151. The third kappa shape index (κ3) is 4.39. The topological polar surface area (TPSA) is 71.8 Å². The van der Waals surface area contributed by atoms with Crippen LogP contribution in [0.15, 0.2) is 54.0 Å². The molecule has 0 aliphatic heterocycles. The summed E-state index contributed by atoms with van der Waals surface area (Å²) >= 11 is 7.38. The van der Waals surface area contributed by atoms with E-state index >= 15 is 0 Å². The van der Waals surface area contributed by atoms with Crippen LogP contribution in [0.1, 0.15) is 11.4 Å². The van der Waals surface area contributed by atoms with E-state index in [-0.39, 0.29) is 12.2 Å². The average molecular weight is 452 g/mol. The molecule has 2 aromatic carbocycles. The van der Waals surface area contributed by atoms with Gasteiger partial charge in [-0.1, -0.05) is 17.7 Å². The molecule has 2 aromatic heterocycles. The molecule has 0 atom stereocenters. The first-order chi connectivity index (χ1) is 14.3. The molecule has 4 rings (SSSR count). The van der Waals surface area contributed by atoms with Gasteiger partial charge in [0.15, 0.2) is 5.69 Å². The predicted molar refractivity (Wildman–Crippen MR) is 109 cm³/mol. The molecule has 4 aromatic rings. The van der Waals surface area contributed by atoms with Crippen LogP contribution in [-0.4, -0.2) is 20.8 Å². The molecule has 154 valence electrons. The van der Waals surface area contributed by atoms with Crippen LogP contribution in [0, 0.1) is 0 Å². The van der Waals surface area contributed by atoms with Crippen molar-refractivity contribution in [3.8, 4) is 5.69 Å². The number of aromatic nitrogens is 3. The van der Waals surface area contributed by atoms with Crippen molar-refractivity contribution in [2.45, 2.75) is 12.7 Å². The molecule has 0 spiro atoms.